The number of nitrogens with zero attached hydrogens (tertiary/aromatic N) is 4. The number of rotatable bonds is 8. The van der Waals surface area contributed by atoms with Crippen molar-refractivity contribution in [3.8, 4) is 0 Å². The Bertz CT molecular complexity index is 1180. The van der Waals surface area contributed by atoms with Crippen molar-refractivity contribution in [2.24, 2.45) is 0 Å². The second kappa shape index (κ2) is 9.50. The van der Waals surface area contributed by atoms with Crippen LogP contribution in [0.5, 0.6) is 0 Å². The number of aliphatic hydroxyl groups is 1. The Kier molecular flexibility index (Phi) is 6.54. The van der Waals surface area contributed by atoms with Crippen molar-refractivity contribution in [1.82, 2.24) is 19.5 Å². The van der Waals surface area contributed by atoms with Crippen molar-refractivity contribution in [1.29, 1.82) is 0 Å². The van der Waals surface area contributed by atoms with E-state index >= 15 is 0 Å². The van der Waals surface area contributed by atoms with Crippen LogP contribution in [0.25, 0.3) is 11.2 Å². The maximum absolute atomic E-state index is 9.67. The van der Waals surface area contributed by atoms with E-state index in [0.29, 0.717) is 19.0 Å². The molecule has 0 aliphatic rings. The molecule has 0 amide bonds. The summed E-state index contributed by atoms with van der Waals surface area (Å²) in [7, 11) is 0. The van der Waals surface area contributed by atoms with Gasteiger partial charge in [-0.2, -0.15) is 0 Å². The molecule has 2 heterocycles. The molecule has 7 nitrogen and oxygen atoms in total. The number of imidazole rings is 1. The van der Waals surface area contributed by atoms with Gasteiger partial charge in [0.05, 0.1) is 0 Å². The third kappa shape index (κ3) is 5.24. The Morgan fingerprint density at radius 3 is 2.71 bits per heavy atom. The molecule has 0 spiro atoms. The Hall–Kier alpha value is -2.89. The van der Waals surface area contributed by atoms with Gasteiger partial charge in [0.25, 0.3) is 0 Å². The third-order valence-corrected chi connectivity index (χ3v) is 7.23. The minimum absolute atomic E-state index is 0.308. The molecule has 4 aromatic rings. The van der Waals surface area contributed by atoms with Crippen LogP contribution in [-0.2, 0) is 11.8 Å². The summed E-state index contributed by atoms with van der Waals surface area (Å²) in [6, 6.07) is 16.4. The Labute approximate surface area is 188 Å². The van der Waals surface area contributed by atoms with Crippen molar-refractivity contribution in [3.05, 3.63) is 71.5 Å². The molecule has 1 radical (unpaired) electrons. The van der Waals surface area contributed by atoms with Crippen LogP contribution in [0.2, 0.25) is 0 Å². The fourth-order valence-corrected chi connectivity index (χ4v) is 5.54. The van der Waals surface area contributed by atoms with E-state index in [1.807, 2.05) is 42.1 Å². The average Bonchev–Trinajstić information content (AvgIpc) is 3.15. The summed E-state index contributed by atoms with van der Waals surface area (Å²) >= 11 is -0.308. The third-order valence-electron chi connectivity index (χ3n) is 4.90. The summed E-state index contributed by atoms with van der Waals surface area (Å²) in [6.07, 6.45) is 1.34. The van der Waals surface area contributed by atoms with E-state index < -0.39 is 6.10 Å². The first-order valence-corrected chi connectivity index (χ1v) is 12.5. The van der Waals surface area contributed by atoms with Gasteiger partial charge in [0.1, 0.15) is 0 Å². The zero-order chi connectivity index (χ0) is 21.8. The molecule has 0 fully saturated rings. The molecule has 1 atom stereocenters. The van der Waals surface area contributed by atoms with E-state index in [9.17, 15) is 5.11 Å². The normalized spacial score (nSPS) is 12.6. The fraction of sp³-hybridized carbons (Fsp3) is 0.261. The van der Waals surface area contributed by atoms with Gasteiger partial charge in [-0.15, -0.1) is 0 Å². The van der Waals surface area contributed by atoms with E-state index in [0.717, 1.165) is 37.7 Å². The van der Waals surface area contributed by atoms with E-state index in [-0.39, 0.29) is 15.8 Å². The predicted octanol–water partition coefficient (Wildman–Crippen LogP) is 2.09. The van der Waals surface area contributed by atoms with Gasteiger partial charge in [-0.25, -0.2) is 0 Å². The summed E-state index contributed by atoms with van der Waals surface area (Å²) in [5, 5.41) is 13.7. The molecule has 0 bridgehead atoms. The van der Waals surface area contributed by atoms with Crippen LogP contribution in [0.15, 0.2) is 54.9 Å². The molecular weight excluding hydrogens is 451 g/mol. The first-order chi connectivity index (χ1) is 15.0. The summed E-state index contributed by atoms with van der Waals surface area (Å²) in [5.74, 6) is 0.519. The van der Waals surface area contributed by atoms with E-state index in [2.05, 4.69) is 34.6 Å². The molecule has 0 aliphatic carbocycles. The minimum atomic E-state index is -0.488. The van der Waals surface area contributed by atoms with Crippen molar-refractivity contribution < 1.29 is 5.11 Å². The van der Waals surface area contributed by atoms with Gasteiger partial charge < -0.3 is 0 Å². The van der Waals surface area contributed by atoms with Gasteiger partial charge >= 0.3 is 189 Å². The quantitative estimate of drug-likeness (QED) is 0.265. The topological polar surface area (TPSA) is 102 Å². The van der Waals surface area contributed by atoms with Crippen LogP contribution in [0, 0.1) is 6.92 Å². The number of nitrogens with one attached hydrogen (secondary N) is 1. The van der Waals surface area contributed by atoms with Crippen LogP contribution >= 0.6 is 0 Å². The standard InChI is InChI=1S/C23H26AsN6O/c1-15-8-9-18(19(25)10-15)11-24-21-20-22(29-23(28-21)26-12-16(2)31)30(14-27-20)13-17-6-4-3-5-7-17/h3-10,14,16,31H,11-13,25H2,1-2H3,(H,26,28,29). The number of aryl methyl sites for hydroxylation is 1. The van der Waals surface area contributed by atoms with Crippen molar-refractivity contribution >= 4 is 43.0 Å². The summed E-state index contributed by atoms with van der Waals surface area (Å²) in [4.78, 5) is 14.1. The van der Waals surface area contributed by atoms with Crippen molar-refractivity contribution in [2.45, 2.75) is 31.7 Å². The zero-order valence-electron chi connectivity index (χ0n) is 17.7. The molecule has 8 heteroatoms. The molecule has 4 rings (SSSR count). The van der Waals surface area contributed by atoms with Crippen LogP contribution < -0.4 is 15.5 Å². The second-order valence-electron chi connectivity index (χ2n) is 7.65. The zero-order valence-corrected chi connectivity index (χ0v) is 19.5. The molecule has 0 saturated carbocycles. The summed E-state index contributed by atoms with van der Waals surface area (Å²) in [5.41, 5.74) is 12.2. The number of hydrogen-bond donors (Lipinski definition) is 3. The molecule has 0 saturated heterocycles. The molecule has 4 N–H and O–H groups in total. The number of anilines is 2. The van der Waals surface area contributed by atoms with E-state index in [1.165, 1.54) is 5.56 Å². The van der Waals surface area contributed by atoms with E-state index in [4.69, 9.17) is 15.7 Å². The Morgan fingerprint density at radius 2 is 1.97 bits per heavy atom. The van der Waals surface area contributed by atoms with Crippen molar-refractivity contribution in [3.63, 3.8) is 0 Å². The average molecular weight is 477 g/mol. The molecule has 159 valence electrons. The van der Waals surface area contributed by atoms with Crippen LogP contribution in [-0.4, -0.2) is 53.0 Å². The molecular formula is C23H26AsN6O. The van der Waals surface area contributed by atoms with Crippen LogP contribution in [0.3, 0.4) is 0 Å². The monoisotopic (exact) mass is 477 g/mol. The first kappa shape index (κ1) is 21.3. The molecule has 31 heavy (non-hydrogen) atoms. The van der Waals surface area contributed by atoms with Gasteiger partial charge in [-0.1, -0.05) is 0 Å². The van der Waals surface area contributed by atoms with Gasteiger partial charge in [-0.3, -0.25) is 0 Å². The SMILES string of the molecule is Cc1ccc(C[As]c2nc(NCC(C)O)nc3c2ncn3Cc2ccccc2)c(N)c1. The predicted molar refractivity (Wildman–Crippen MR) is 126 cm³/mol. The second-order valence-corrected chi connectivity index (χ2v) is 9.87. The van der Waals surface area contributed by atoms with Gasteiger partial charge in [0.15, 0.2) is 0 Å². The van der Waals surface area contributed by atoms with Gasteiger partial charge in [0, 0.05) is 0 Å². The molecule has 2 aromatic heterocycles. The Morgan fingerprint density at radius 1 is 1.16 bits per heavy atom. The Balaban J connectivity index is 1.66. The van der Waals surface area contributed by atoms with Crippen LogP contribution in [0.4, 0.5) is 11.6 Å². The fourth-order valence-electron chi connectivity index (χ4n) is 3.27. The number of hydrogen-bond acceptors (Lipinski definition) is 6. The number of nitrogens with two attached hydrogens (primary N) is 1. The summed E-state index contributed by atoms with van der Waals surface area (Å²) < 4.78 is 3.01. The van der Waals surface area contributed by atoms with E-state index in [1.54, 1.807) is 6.92 Å². The van der Waals surface area contributed by atoms with Crippen molar-refractivity contribution in [2.75, 3.05) is 17.6 Å². The molecule has 0 aliphatic heterocycles. The van der Waals surface area contributed by atoms with Gasteiger partial charge in [-0.05, 0) is 0 Å². The number of aromatic nitrogens is 4. The number of benzene rings is 2. The summed E-state index contributed by atoms with van der Waals surface area (Å²) in [6.45, 7) is 4.85. The number of aliphatic hydroxyl groups excluding tert-OH is 1. The number of nitrogen functional groups attached to an aromatic ring is 1. The maximum atomic E-state index is 9.67. The van der Waals surface area contributed by atoms with Crippen LogP contribution in [0.1, 0.15) is 23.6 Å². The molecule has 2 aromatic carbocycles. The first-order valence-electron chi connectivity index (χ1n) is 10.2. The van der Waals surface area contributed by atoms with Gasteiger partial charge in [0.2, 0.25) is 0 Å². The molecule has 1 unspecified atom stereocenters. The number of fused-ring (bicyclic) bond motifs is 1.